The van der Waals surface area contributed by atoms with E-state index in [1.54, 1.807) is 0 Å². The van der Waals surface area contributed by atoms with E-state index in [4.69, 9.17) is 4.74 Å². The maximum atomic E-state index is 12.0. The summed E-state index contributed by atoms with van der Waals surface area (Å²) in [5, 5.41) is 0. The van der Waals surface area contributed by atoms with Gasteiger partial charge in [0.25, 0.3) is 0 Å². The lowest BCUT2D eigenvalue weighted by molar-refractivity contribution is 0.0571. The molecule has 4 nitrogen and oxygen atoms in total. The highest BCUT2D eigenvalue weighted by Crippen LogP contribution is 2.31. The van der Waals surface area contributed by atoms with Crippen LogP contribution in [0, 0.1) is 5.92 Å². The molecule has 2 aliphatic rings. The SMILES string of the molecule is CC(C)(C)OC(=O)NSN(CC1CCCCC1)C1CCCCC1. The lowest BCUT2D eigenvalue weighted by atomic mass is 9.88. The molecule has 0 heterocycles. The van der Waals surface area contributed by atoms with Crippen molar-refractivity contribution in [2.75, 3.05) is 6.54 Å². The molecule has 2 saturated carbocycles. The van der Waals surface area contributed by atoms with Gasteiger partial charge in [-0.25, -0.2) is 9.10 Å². The summed E-state index contributed by atoms with van der Waals surface area (Å²) in [5.41, 5.74) is -0.441. The zero-order valence-corrected chi connectivity index (χ0v) is 15.9. The molecule has 134 valence electrons. The number of rotatable bonds is 5. The summed E-state index contributed by atoms with van der Waals surface area (Å²) in [6.45, 7) is 6.81. The van der Waals surface area contributed by atoms with E-state index in [0.717, 1.165) is 12.5 Å². The number of hydrogen-bond donors (Lipinski definition) is 1. The van der Waals surface area contributed by atoms with Crippen LogP contribution in [0.15, 0.2) is 0 Å². The van der Waals surface area contributed by atoms with Gasteiger partial charge in [-0.05, 0) is 52.4 Å². The Morgan fingerprint density at radius 3 is 2.17 bits per heavy atom. The first kappa shape index (κ1) is 18.9. The Kier molecular flexibility index (Phi) is 7.54. The highest BCUT2D eigenvalue weighted by molar-refractivity contribution is 7.95. The third-order valence-corrected chi connectivity index (χ3v) is 5.73. The molecule has 0 aromatic heterocycles. The van der Waals surface area contributed by atoms with Gasteiger partial charge in [0.05, 0.1) is 0 Å². The minimum atomic E-state index is -0.441. The van der Waals surface area contributed by atoms with E-state index < -0.39 is 5.60 Å². The second-order valence-corrected chi connectivity index (χ2v) is 8.95. The van der Waals surface area contributed by atoms with Crippen molar-refractivity contribution in [3.8, 4) is 0 Å². The molecule has 23 heavy (non-hydrogen) atoms. The maximum absolute atomic E-state index is 12.0. The molecule has 0 aliphatic heterocycles. The van der Waals surface area contributed by atoms with E-state index in [2.05, 4.69) is 9.03 Å². The van der Waals surface area contributed by atoms with Crippen molar-refractivity contribution in [2.45, 2.75) is 96.6 Å². The van der Waals surface area contributed by atoms with Gasteiger partial charge in [-0.1, -0.05) is 38.5 Å². The van der Waals surface area contributed by atoms with Crippen molar-refractivity contribution in [3.63, 3.8) is 0 Å². The van der Waals surface area contributed by atoms with Gasteiger partial charge in [-0.2, -0.15) is 0 Å². The molecule has 0 bridgehead atoms. The average Bonchev–Trinajstić information content (AvgIpc) is 2.51. The summed E-state index contributed by atoms with van der Waals surface area (Å²) in [5.74, 6) is 0.790. The lowest BCUT2D eigenvalue weighted by Crippen LogP contribution is -2.39. The Labute approximate surface area is 146 Å². The first-order valence-electron chi connectivity index (χ1n) is 9.36. The molecule has 1 amide bonds. The molecular weight excluding hydrogens is 308 g/mol. The van der Waals surface area contributed by atoms with Gasteiger partial charge in [0.15, 0.2) is 0 Å². The molecule has 2 aliphatic carbocycles. The first-order chi connectivity index (χ1) is 10.9. The van der Waals surface area contributed by atoms with Crippen molar-refractivity contribution in [1.82, 2.24) is 9.03 Å². The zero-order chi connectivity index (χ0) is 16.7. The fourth-order valence-electron chi connectivity index (χ4n) is 3.65. The number of ether oxygens (including phenoxy) is 1. The van der Waals surface area contributed by atoms with Crippen LogP contribution in [0.1, 0.15) is 85.0 Å². The predicted octanol–water partition coefficient (Wildman–Crippen LogP) is 5.29. The van der Waals surface area contributed by atoms with E-state index in [9.17, 15) is 4.79 Å². The van der Waals surface area contributed by atoms with Crippen LogP contribution in [0.3, 0.4) is 0 Å². The number of amides is 1. The van der Waals surface area contributed by atoms with Crippen molar-refractivity contribution >= 4 is 18.2 Å². The predicted molar refractivity (Wildman–Crippen MR) is 97.1 cm³/mol. The van der Waals surface area contributed by atoms with Gasteiger partial charge in [-0.15, -0.1) is 0 Å². The van der Waals surface area contributed by atoms with E-state index in [1.807, 2.05) is 20.8 Å². The van der Waals surface area contributed by atoms with Crippen LogP contribution in [0.25, 0.3) is 0 Å². The van der Waals surface area contributed by atoms with Crippen LogP contribution >= 0.6 is 12.1 Å². The topological polar surface area (TPSA) is 41.6 Å². The second-order valence-electron chi connectivity index (χ2n) is 8.09. The van der Waals surface area contributed by atoms with Gasteiger partial charge in [-0.3, -0.25) is 4.72 Å². The summed E-state index contributed by atoms with van der Waals surface area (Å²) < 4.78 is 10.7. The van der Waals surface area contributed by atoms with E-state index >= 15 is 0 Å². The van der Waals surface area contributed by atoms with E-state index in [-0.39, 0.29) is 6.09 Å². The molecule has 0 unspecified atom stereocenters. The highest BCUT2D eigenvalue weighted by atomic mass is 32.2. The third-order valence-electron chi connectivity index (χ3n) is 4.79. The molecule has 2 rings (SSSR count). The molecule has 2 fully saturated rings. The smallest absolute Gasteiger partial charge is 0.418 e. The van der Waals surface area contributed by atoms with Crippen LogP contribution in [0.4, 0.5) is 4.79 Å². The Bertz CT molecular complexity index is 359. The molecule has 1 N–H and O–H groups in total. The summed E-state index contributed by atoms with van der Waals surface area (Å²) in [6.07, 6.45) is 13.0. The summed E-state index contributed by atoms with van der Waals surface area (Å²) in [4.78, 5) is 12.0. The molecule has 0 spiro atoms. The van der Waals surface area contributed by atoms with Crippen LogP contribution < -0.4 is 4.72 Å². The number of carbonyl (C=O) groups is 1. The third kappa shape index (κ3) is 7.34. The van der Waals surface area contributed by atoms with Gasteiger partial charge < -0.3 is 4.74 Å². The maximum Gasteiger partial charge on any atom is 0.418 e. The van der Waals surface area contributed by atoms with Crippen molar-refractivity contribution < 1.29 is 9.53 Å². The van der Waals surface area contributed by atoms with Gasteiger partial charge in [0, 0.05) is 24.7 Å². The quantitative estimate of drug-likeness (QED) is 0.689. The molecule has 0 aromatic carbocycles. The number of hydrogen-bond acceptors (Lipinski definition) is 4. The van der Waals surface area contributed by atoms with Gasteiger partial charge in [0.1, 0.15) is 5.60 Å². The summed E-state index contributed by atoms with van der Waals surface area (Å²) in [7, 11) is 0. The fraction of sp³-hybridized carbons (Fsp3) is 0.944. The number of carbonyl (C=O) groups excluding carboxylic acids is 1. The van der Waals surface area contributed by atoms with E-state index in [0.29, 0.717) is 6.04 Å². The zero-order valence-electron chi connectivity index (χ0n) is 15.1. The van der Waals surface area contributed by atoms with Crippen molar-refractivity contribution in [3.05, 3.63) is 0 Å². The molecule has 0 atom stereocenters. The largest absolute Gasteiger partial charge is 0.443 e. The highest BCUT2D eigenvalue weighted by Gasteiger charge is 2.27. The molecular formula is C18H34N2O2S. The Hall–Kier alpha value is -0.420. The minimum Gasteiger partial charge on any atom is -0.443 e. The summed E-state index contributed by atoms with van der Waals surface area (Å²) >= 11 is 1.48. The Balaban J connectivity index is 1.85. The Morgan fingerprint density at radius 1 is 1.04 bits per heavy atom. The van der Waals surface area contributed by atoms with Crippen molar-refractivity contribution in [2.24, 2.45) is 5.92 Å². The van der Waals surface area contributed by atoms with Crippen LogP contribution in [0.2, 0.25) is 0 Å². The minimum absolute atomic E-state index is 0.327. The van der Waals surface area contributed by atoms with Crippen LogP contribution in [-0.4, -0.2) is 28.6 Å². The molecule has 0 aromatic rings. The van der Waals surface area contributed by atoms with Gasteiger partial charge in [0.2, 0.25) is 0 Å². The van der Waals surface area contributed by atoms with Gasteiger partial charge >= 0.3 is 6.09 Å². The number of nitrogens with one attached hydrogen (secondary N) is 1. The Morgan fingerprint density at radius 2 is 1.61 bits per heavy atom. The first-order valence-corrected chi connectivity index (χ1v) is 10.1. The molecule has 0 saturated heterocycles. The monoisotopic (exact) mass is 342 g/mol. The molecule has 0 radical (unpaired) electrons. The van der Waals surface area contributed by atoms with Crippen LogP contribution in [-0.2, 0) is 4.74 Å². The second kappa shape index (κ2) is 9.16. The standard InChI is InChI=1S/C18H34N2O2S/c1-18(2,3)22-17(21)19-23-20(16-12-8-5-9-13-16)14-15-10-6-4-7-11-15/h15-16H,4-14H2,1-3H3,(H,19,21). The van der Waals surface area contributed by atoms with Crippen LogP contribution in [0.5, 0.6) is 0 Å². The fourth-order valence-corrected chi connectivity index (χ4v) is 4.53. The number of nitrogens with zero attached hydrogens (tertiary/aromatic N) is 1. The normalized spacial score (nSPS) is 21.4. The molecule has 5 heteroatoms. The summed E-state index contributed by atoms with van der Waals surface area (Å²) in [6, 6.07) is 0.602. The lowest BCUT2D eigenvalue weighted by Gasteiger charge is -2.36. The van der Waals surface area contributed by atoms with E-state index in [1.165, 1.54) is 76.3 Å². The van der Waals surface area contributed by atoms with Crippen molar-refractivity contribution in [1.29, 1.82) is 0 Å². The average molecular weight is 343 g/mol.